The number of nitrogens with zero attached hydrogens (tertiary/aromatic N) is 5. The fourth-order valence-electron chi connectivity index (χ4n) is 5.66. The predicted molar refractivity (Wildman–Crippen MR) is 161 cm³/mol. The van der Waals surface area contributed by atoms with Gasteiger partial charge in [-0.3, -0.25) is 4.79 Å². The van der Waals surface area contributed by atoms with Gasteiger partial charge in [0, 0.05) is 55.7 Å². The van der Waals surface area contributed by atoms with Gasteiger partial charge in [-0.15, -0.1) is 0 Å². The van der Waals surface area contributed by atoms with E-state index in [1.807, 2.05) is 37.3 Å². The van der Waals surface area contributed by atoms with Crippen LogP contribution in [0.15, 0.2) is 54.7 Å². The Morgan fingerprint density at radius 2 is 1.93 bits per heavy atom. The van der Waals surface area contributed by atoms with E-state index in [1.54, 1.807) is 24.3 Å². The number of halogens is 1. The number of aryl methyl sites for hydroxylation is 1. The number of ether oxygens (including phenoxy) is 1. The molecule has 0 aliphatic carbocycles. The third kappa shape index (κ3) is 5.24. The Morgan fingerprint density at radius 3 is 2.70 bits per heavy atom. The third-order valence-electron chi connectivity index (χ3n) is 7.94. The van der Waals surface area contributed by atoms with E-state index in [0.717, 1.165) is 26.4 Å². The van der Waals surface area contributed by atoms with Crippen molar-refractivity contribution in [2.45, 2.75) is 19.4 Å². The molecule has 3 aromatic heterocycles. The smallest absolute Gasteiger partial charge is 0.281 e. The Hall–Kier alpha value is -4.33. The molecule has 0 radical (unpaired) electrons. The summed E-state index contributed by atoms with van der Waals surface area (Å²) in [6.45, 7) is 2.14. The summed E-state index contributed by atoms with van der Waals surface area (Å²) >= 11 is 0. The van der Waals surface area contributed by atoms with Gasteiger partial charge in [-0.1, -0.05) is 18.2 Å². The van der Waals surface area contributed by atoms with E-state index in [0.29, 0.717) is 33.9 Å². The molecule has 0 spiro atoms. The molecule has 5 aromatic rings. The van der Waals surface area contributed by atoms with Crippen LogP contribution in [0.3, 0.4) is 0 Å². The number of hydrogen-bond donors (Lipinski definition) is 2. The molecule has 1 aliphatic rings. The number of nitrogens with one attached hydrogen (secondary N) is 2. The second-order valence-electron chi connectivity index (χ2n) is 10.8. The molecule has 4 heterocycles. The van der Waals surface area contributed by atoms with E-state index in [2.05, 4.69) is 19.9 Å². The number of benzene rings is 2. The number of carbonyl (C=O) groups excluding carboxylic acids is 1. The molecular weight excluding hydrogens is 573 g/mol. The van der Waals surface area contributed by atoms with Crippen LogP contribution in [0.4, 0.5) is 4.39 Å². The summed E-state index contributed by atoms with van der Waals surface area (Å²) in [5.74, 6) is 0.230. The molecule has 6 rings (SSSR count). The maximum Gasteiger partial charge on any atom is 0.281 e. The second-order valence-corrected chi connectivity index (χ2v) is 12.9. The quantitative estimate of drug-likeness (QED) is 0.291. The minimum absolute atomic E-state index is 0.00774. The highest BCUT2D eigenvalue weighted by molar-refractivity contribution is 7.86. The summed E-state index contributed by atoms with van der Waals surface area (Å²) in [5, 5.41) is 1.56. The van der Waals surface area contributed by atoms with E-state index in [4.69, 9.17) is 4.74 Å². The predicted octanol–water partition coefficient (Wildman–Crippen LogP) is 3.80. The molecule has 1 aliphatic heterocycles. The van der Waals surface area contributed by atoms with Crippen LogP contribution in [0, 0.1) is 12.7 Å². The van der Waals surface area contributed by atoms with Gasteiger partial charge < -0.3 is 19.6 Å². The molecule has 43 heavy (non-hydrogen) atoms. The van der Waals surface area contributed by atoms with E-state index in [1.165, 1.54) is 30.5 Å². The fourth-order valence-corrected chi connectivity index (χ4v) is 6.76. The number of amides is 1. The maximum absolute atomic E-state index is 14.1. The molecule has 1 amide bonds. The van der Waals surface area contributed by atoms with Gasteiger partial charge in [0.2, 0.25) is 11.8 Å². The lowest BCUT2D eigenvalue weighted by Crippen LogP contribution is -2.55. The van der Waals surface area contributed by atoms with Gasteiger partial charge in [-0.2, -0.15) is 17.0 Å². The molecule has 1 unspecified atom stereocenters. The van der Waals surface area contributed by atoms with Crippen LogP contribution in [0.1, 0.15) is 23.1 Å². The van der Waals surface area contributed by atoms with Gasteiger partial charge in [0.1, 0.15) is 17.7 Å². The van der Waals surface area contributed by atoms with Crippen molar-refractivity contribution in [1.82, 2.24) is 33.4 Å². The number of pyridine rings is 1. The standard InChI is InChI=1S/C30H32FN7O4S/c1-18-21(22-14-20(31)9-10-25(22)33-18)15-28(39)38-12-11-37(43(40,41)36(2)3)17-27(38)29-32-16-26(34-29)23-13-19-7-5-6-8-24(19)35-30(23)42-4/h5-10,13-14,16,27,33H,11-12,15,17H2,1-4H3,(H,32,34). The summed E-state index contributed by atoms with van der Waals surface area (Å²) in [5.41, 5.74) is 4.30. The van der Waals surface area contributed by atoms with Crippen LogP contribution in [0.5, 0.6) is 5.88 Å². The Morgan fingerprint density at radius 1 is 1.14 bits per heavy atom. The van der Waals surface area contributed by atoms with E-state index < -0.39 is 16.3 Å². The van der Waals surface area contributed by atoms with Gasteiger partial charge in [-0.05, 0) is 42.8 Å². The Kier molecular flexibility index (Phi) is 7.40. The van der Waals surface area contributed by atoms with Crippen LogP contribution in [-0.2, 0) is 21.4 Å². The first-order valence-electron chi connectivity index (χ1n) is 13.8. The van der Waals surface area contributed by atoms with Crippen molar-refractivity contribution in [2.75, 3.05) is 40.8 Å². The number of imidazole rings is 1. The lowest BCUT2D eigenvalue weighted by Gasteiger charge is -2.40. The largest absolute Gasteiger partial charge is 0.480 e. The van der Waals surface area contributed by atoms with Crippen molar-refractivity contribution in [1.29, 1.82) is 0 Å². The number of para-hydroxylation sites is 1. The molecule has 224 valence electrons. The number of piperazine rings is 1. The first-order chi connectivity index (χ1) is 20.6. The van der Waals surface area contributed by atoms with Gasteiger partial charge in [-0.25, -0.2) is 14.4 Å². The van der Waals surface area contributed by atoms with Gasteiger partial charge in [0.15, 0.2) is 0 Å². The molecule has 1 fully saturated rings. The highest BCUT2D eigenvalue weighted by atomic mass is 32.2. The maximum atomic E-state index is 14.1. The van der Waals surface area contributed by atoms with Crippen LogP contribution < -0.4 is 4.74 Å². The summed E-state index contributed by atoms with van der Waals surface area (Å²) in [4.78, 5) is 31.3. The van der Waals surface area contributed by atoms with Crippen LogP contribution >= 0.6 is 0 Å². The van der Waals surface area contributed by atoms with Crippen molar-refractivity contribution in [3.8, 4) is 17.1 Å². The number of carbonyl (C=O) groups is 1. The van der Waals surface area contributed by atoms with Crippen molar-refractivity contribution in [2.24, 2.45) is 0 Å². The van der Waals surface area contributed by atoms with Crippen LogP contribution in [0.25, 0.3) is 33.1 Å². The molecule has 0 bridgehead atoms. The van der Waals surface area contributed by atoms with Gasteiger partial charge >= 0.3 is 0 Å². The van der Waals surface area contributed by atoms with E-state index in [9.17, 15) is 17.6 Å². The molecule has 2 N–H and O–H groups in total. The average molecular weight is 606 g/mol. The van der Waals surface area contributed by atoms with Crippen molar-refractivity contribution < 1.29 is 22.3 Å². The Bertz CT molecular complexity index is 1950. The zero-order valence-corrected chi connectivity index (χ0v) is 25.1. The second kappa shape index (κ2) is 11.1. The number of fused-ring (bicyclic) bond motifs is 2. The van der Waals surface area contributed by atoms with Crippen molar-refractivity contribution >= 4 is 37.9 Å². The highest BCUT2D eigenvalue weighted by Crippen LogP contribution is 2.34. The number of aromatic nitrogens is 4. The normalized spacial score (nSPS) is 16.4. The lowest BCUT2D eigenvalue weighted by atomic mass is 10.0. The van der Waals surface area contributed by atoms with Crippen molar-refractivity contribution in [3.05, 3.63) is 77.6 Å². The van der Waals surface area contributed by atoms with Crippen molar-refractivity contribution in [3.63, 3.8) is 0 Å². The summed E-state index contributed by atoms with van der Waals surface area (Å²) < 4.78 is 48.4. The lowest BCUT2D eigenvalue weighted by molar-refractivity contribution is -0.135. The van der Waals surface area contributed by atoms with Gasteiger partial charge in [0.25, 0.3) is 10.2 Å². The zero-order chi connectivity index (χ0) is 30.5. The number of H-pyrrole nitrogens is 2. The topological polar surface area (TPSA) is 128 Å². The van der Waals surface area contributed by atoms with Crippen LogP contribution in [-0.4, -0.2) is 88.6 Å². The highest BCUT2D eigenvalue weighted by Gasteiger charge is 2.39. The molecule has 2 aromatic carbocycles. The molecule has 13 heteroatoms. The monoisotopic (exact) mass is 605 g/mol. The first-order valence-corrected chi connectivity index (χ1v) is 15.2. The van der Waals surface area contributed by atoms with E-state index >= 15 is 0 Å². The van der Waals surface area contributed by atoms with Crippen LogP contribution in [0.2, 0.25) is 0 Å². The first kappa shape index (κ1) is 28.8. The zero-order valence-electron chi connectivity index (χ0n) is 24.3. The van der Waals surface area contributed by atoms with E-state index in [-0.39, 0.29) is 37.8 Å². The Labute approximate surface area is 248 Å². The number of rotatable bonds is 7. The van der Waals surface area contributed by atoms with Gasteiger partial charge in [0.05, 0.1) is 36.5 Å². The minimum Gasteiger partial charge on any atom is -0.480 e. The molecule has 0 saturated carbocycles. The number of aromatic amines is 2. The third-order valence-corrected chi connectivity index (χ3v) is 9.85. The summed E-state index contributed by atoms with van der Waals surface area (Å²) in [6, 6.07) is 13.4. The molecule has 11 nitrogen and oxygen atoms in total. The molecular formula is C30H32FN7O4S. The SMILES string of the molecule is COc1nc2ccccc2cc1-c1cnc(C2CN(S(=O)(=O)N(C)C)CCN2C(=O)Cc2c(C)[nH]c3ccc(F)cc23)[nH]1. The number of methoxy groups -OCH3 is 1. The Balaban J connectivity index is 1.37. The fraction of sp³-hybridized carbons (Fsp3) is 0.300. The minimum atomic E-state index is -3.75. The summed E-state index contributed by atoms with van der Waals surface area (Å²) in [7, 11) is 0.747. The summed E-state index contributed by atoms with van der Waals surface area (Å²) in [6.07, 6.45) is 1.65. The average Bonchev–Trinajstić information content (AvgIpc) is 3.60. The molecule has 1 atom stereocenters. The molecule has 1 saturated heterocycles. The number of hydrogen-bond acceptors (Lipinski definition) is 6.